The van der Waals surface area contributed by atoms with E-state index in [0.717, 1.165) is 10.3 Å². The molecule has 0 unspecified atom stereocenters. The van der Waals surface area contributed by atoms with Crippen LogP contribution in [-0.4, -0.2) is 47.4 Å². The monoisotopic (exact) mass is 641 g/mol. The van der Waals surface area contributed by atoms with Gasteiger partial charge in [-0.1, -0.05) is 37.0 Å². The average Bonchev–Trinajstić information content (AvgIpc) is 3.09. The second-order valence-corrected chi connectivity index (χ2v) is 9.50. The molecule has 0 atom stereocenters. The van der Waals surface area contributed by atoms with Crippen LogP contribution in [0.2, 0.25) is 10.0 Å². The van der Waals surface area contributed by atoms with Crippen LogP contribution in [0.25, 0.3) is 5.65 Å². The van der Waals surface area contributed by atoms with Gasteiger partial charge >= 0.3 is 0 Å². The molecule has 8 nitrogen and oxygen atoms in total. The number of carbonyl (C=O) groups excluding carboxylic acids is 2. The fraction of sp³-hybridized carbons (Fsp3) is 0.348. The number of aryl methyl sites for hydroxylation is 1. The highest BCUT2D eigenvalue weighted by molar-refractivity contribution is 9.10. The van der Waals surface area contributed by atoms with Gasteiger partial charge in [0.15, 0.2) is 11.4 Å². The second-order valence-electron chi connectivity index (χ2n) is 7.97. The minimum absolute atomic E-state index is 0. The highest BCUT2D eigenvalue weighted by Gasteiger charge is 2.20. The maximum Gasteiger partial charge on any atom is 0.246 e. The smallest absolute Gasteiger partial charge is 0.246 e. The highest BCUT2D eigenvalue weighted by Crippen LogP contribution is 2.35. The topological polar surface area (TPSA) is 88.0 Å². The van der Waals surface area contributed by atoms with Gasteiger partial charge in [0, 0.05) is 29.9 Å². The molecule has 0 aliphatic rings. The largest absolute Gasteiger partial charge is 0.485 e. The lowest BCUT2D eigenvalue weighted by Crippen LogP contribution is -2.42. The van der Waals surface area contributed by atoms with Gasteiger partial charge in [0.25, 0.3) is 0 Å². The fourth-order valence-corrected chi connectivity index (χ4v) is 4.13. The number of pyridine rings is 1. The number of anilines is 1. The first-order chi connectivity index (χ1) is 16.1. The quantitative estimate of drug-likeness (QED) is 0.334. The number of likely N-dealkylation sites (N-methyl/N-ethyl adjacent to an activating group) is 1. The molecule has 2 amide bonds. The third kappa shape index (κ3) is 7.63. The lowest BCUT2D eigenvalue weighted by Gasteiger charge is -2.21. The molecule has 36 heavy (non-hydrogen) atoms. The maximum atomic E-state index is 12.6. The molecule has 2 N–H and O–H groups in total. The van der Waals surface area contributed by atoms with Crippen LogP contribution in [0.3, 0.4) is 0 Å². The molecule has 0 aliphatic carbocycles. The molecule has 2 aromatic heterocycles. The van der Waals surface area contributed by atoms with Gasteiger partial charge in [0.2, 0.25) is 11.8 Å². The zero-order valence-corrected chi connectivity index (χ0v) is 24.8. The normalized spacial score (nSPS) is 10.6. The van der Waals surface area contributed by atoms with Crippen LogP contribution in [0.1, 0.15) is 25.1 Å². The van der Waals surface area contributed by atoms with Crippen LogP contribution in [-0.2, 0) is 16.2 Å². The Morgan fingerprint density at radius 3 is 2.56 bits per heavy atom. The van der Waals surface area contributed by atoms with E-state index in [2.05, 4.69) is 31.5 Å². The summed E-state index contributed by atoms with van der Waals surface area (Å²) in [6.45, 7) is 5.83. The number of nitrogens with one attached hydrogen (secondary N) is 2. The Labute approximate surface area is 241 Å². The van der Waals surface area contributed by atoms with E-state index in [1.165, 1.54) is 4.90 Å². The first kappa shape index (κ1) is 32.3. The molecule has 0 bridgehead atoms. The van der Waals surface area contributed by atoms with Crippen LogP contribution in [0.4, 0.5) is 5.69 Å². The number of ether oxygens (including phenoxy) is 1. The molecule has 0 radical (unpaired) electrons. The number of halogens is 5. The third-order valence-electron chi connectivity index (χ3n) is 5.10. The van der Waals surface area contributed by atoms with Crippen LogP contribution in [0.5, 0.6) is 5.75 Å². The predicted octanol–water partition coefficient (Wildman–Crippen LogP) is 5.21. The molecule has 1 aromatic carbocycles. The fourth-order valence-electron chi connectivity index (χ4n) is 3.15. The lowest BCUT2D eigenvalue weighted by molar-refractivity contribution is -0.124. The number of rotatable bonds is 9. The van der Waals surface area contributed by atoms with Crippen molar-refractivity contribution >= 4 is 87.1 Å². The summed E-state index contributed by atoms with van der Waals surface area (Å²) in [6, 6.07) is 7.15. The number of hydrogen-bond donors (Lipinski definition) is 2. The van der Waals surface area contributed by atoms with Crippen molar-refractivity contribution in [2.75, 3.05) is 25.0 Å². The number of imidazole rings is 1. The number of amides is 2. The number of hydrogen-bond acceptors (Lipinski definition) is 5. The van der Waals surface area contributed by atoms with Crippen molar-refractivity contribution in [2.24, 2.45) is 0 Å². The number of fused-ring (bicyclic) bond motifs is 1. The molecule has 13 heteroatoms. The standard InChI is InChI=1S/C23H26BrCl2N5O3.2ClH/c1-13(2)27-10-19(32)28-11-20(33)30(4)17-8-7-16(25)15(21(17)26)12-34-18-6-5-9-31-22(24)14(3)29-23(18)31;;/h5-9,13,27H,10-12H2,1-4H3,(H,28,32);2*1H. The van der Waals surface area contributed by atoms with Crippen molar-refractivity contribution in [3.8, 4) is 5.75 Å². The Hall–Kier alpha value is -1.75. The Balaban J connectivity index is 0.00000324. The molecule has 0 spiro atoms. The van der Waals surface area contributed by atoms with E-state index in [1.54, 1.807) is 19.2 Å². The van der Waals surface area contributed by atoms with E-state index < -0.39 is 0 Å². The van der Waals surface area contributed by atoms with Crippen LogP contribution < -0.4 is 20.3 Å². The SMILES string of the molecule is Cc1nc2c(OCc3c(Cl)ccc(N(C)C(=O)CNC(=O)CNC(C)C)c3Cl)cccn2c1Br.Cl.Cl. The summed E-state index contributed by atoms with van der Waals surface area (Å²) in [4.78, 5) is 30.5. The zero-order chi connectivity index (χ0) is 25.0. The molecule has 3 aromatic rings. The summed E-state index contributed by atoms with van der Waals surface area (Å²) in [7, 11) is 1.59. The molecular formula is C23H28BrCl4N5O3. The van der Waals surface area contributed by atoms with Gasteiger partial charge in [0.1, 0.15) is 11.2 Å². The summed E-state index contributed by atoms with van der Waals surface area (Å²) in [6.07, 6.45) is 1.88. The van der Waals surface area contributed by atoms with Crippen LogP contribution >= 0.6 is 63.9 Å². The zero-order valence-electron chi connectivity index (χ0n) is 20.1. The molecule has 0 fully saturated rings. The summed E-state index contributed by atoms with van der Waals surface area (Å²) in [5.74, 6) is -0.0192. The first-order valence-electron chi connectivity index (χ1n) is 10.6. The number of nitrogens with zero attached hydrogens (tertiary/aromatic N) is 3. The van der Waals surface area contributed by atoms with Gasteiger partial charge in [-0.3, -0.25) is 14.0 Å². The minimum atomic E-state index is -0.323. The van der Waals surface area contributed by atoms with Gasteiger partial charge in [-0.25, -0.2) is 4.98 Å². The number of carbonyl (C=O) groups is 2. The molecule has 2 heterocycles. The van der Waals surface area contributed by atoms with Gasteiger partial charge in [-0.15, -0.1) is 24.8 Å². The van der Waals surface area contributed by atoms with Crippen molar-refractivity contribution in [1.29, 1.82) is 0 Å². The van der Waals surface area contributed by atoms with Crippen molar-refractivity contribution in [1.82, 2.24) is 20.0 Å². The van der Waals surface area contributed by atoms with Crippen molar-refractivity contribution in [2.45, 2.75) is 33.4 Å². The summed E-state index contributed by atoms with van der Waals surface area (Å²) in [5, 5.41) is 6.31. The summed E-state index contributed by atoms with van der Waals surface area (Å²) in [5.41, 5.74) is 2.49. The Kier molecular flexibility index (Phi) is 12.8. The molecule has 198 valence electrons. The Morgan fingerprint density at radius 1 is 1.19 bits per heavy atom. The summed E-state index contributed by atoms with van der Waals surface area (Å²) < 4.78 is 8.74. The molecule has 0 saturated heterocycles. The van der Waals surface area contributed by atoms with Gasteiger partial charge < -0.3 is 20.3 Å². The molecule has 0 aliphatic heterocycles. The van der Waals surface area contributed by atoms with Crippen LogP contribution in [0, 0.1) is 6.92 Å². The van der Waals surface area contributed by atoms with Crippen molar-refractivity contribution in [3.63, 3.8) is 0 Å². The van der Waals surface area contributed by atoms with Crippen molar-refractivity contribution < 1.29 is 14.3 Å². The minimum Gasteiger partial charge on any atom is -0.485 e. The summed E-state index contributed by atoms with van der Waals surface area (Å²) >= 11 is 16.5. The average molecular weight is 644 g/mol. The van der Waals surface area contributed by atoms with E-state index >= 15 is 0 Å². The van der Waals surface area contributed by atoms with Gasteiger partial charge in [-0.05, 0) is 47.1 Å². The number of aromatic nitrogens is 2. The van der Waals surface area contributed by atoms with E-state index in [9.17, 15) is 9.59 Å². The molecular weight excluding hydrogens is 616 g/mol. The van der Waals surface area contributed by atoms with E-state index in [4.69, 9.17) is 27.9 Å². The Bertz CT molecular complexity index is 1220. The third-order valence-corrected chi connectivity index (χ3v) is 6.83. The molecule has 3 rings (SSSR count). The lowest BCUT2D eigenvalue weighted by atomic mass is 10.2. The second kappa shape index (κ2) is 14.3. The Morgan fingerprint density at radius 2 is 1.89 bits per heavy atom. The maximum absolute atomic E-state index is 12.6. The van der Waals surface area contributed by atoms with Gasteiger partial charge in [-0.2, -0.15) is 0 Å². The predicted molar refractivity (Wildman–Crippen MR) is 152 cm³/mol. The highest BCUT2D eigenvalue weighted by atomic mass is 79.9. The van der Waals surface area contributed by atoms with E-state index in [0.29, 0.717) is 32.7 Å². The van der Waals surface area contributed by atoms with E-state index in [-0.39, 0.29) is 62.4 Å². The van der Waals surface area contributed by atoms with Crippen LogP contribution in [0.15, 0.2) is 35.1 Å². The van der Waals surface area contributed by atoms with Crippen molar-refractivity contribution in [3.05, 3.63) is 56.4 Å². The van der Waals surface area contributed by atoms with Gasteiger partial charge in [0.05, 0.1) is 29.5 Å². The number of benzene rings is 1. The molecule has 0 saturated carbocycles. The van der Waals surface area contributed by atoms with E-state index in [1.807, 2.05) is 43.5 Å². The first-order valence-corrected chi connectivity index (χ1v) is 12.1.